The lowest BCUT2D eigenvalue weighted by Gasteiger charge is -2.41. The van der Waals surface area contributed by atoms with Crippen molar-refractivity contribution in [2.24, 2.45) is 11.8 Å². The summed E-state index contributed by atoms with van der Waals surface area (Å²) in [6.07, 6.45) is 0.380. The summed E-state index contributed by atoms with van der Waals surface area (Å²) in [5, 5.41) is 19.1. The molecule has 1 heterocycles. The predicted molar refractivity (Wildman–Crippen MR) is 48.4 cm³/mol. The van der Waals surface area contributed by atoms with Crippen LogP contribution in [0.1, 0.15) is 26.2 Å². The van der Waals surface area contributed by atoms with E-state index in [1.807, 2.05) is 6.92 Å². The molecule has 14 heavy (non-hydrogen) atoms. The molecule has 0 aromatic heterocycles. The lowest BCUT2D eigenvalue weighted by molar-refractivity contribution is -0.177. The molecule has 1 saturated carbocycles. The number of fused-ring (bicyclic) bond motifs is 1. The maximum Gasteiger partial charge on any atom is 0.312 e. The predicted octanol–water partition coefficient (Wildman–Crippen LogP) is 0.0698. The summed E-state index contributed by atoms with van der Waals surface area (Å²) in [6, 6.07) is 0. The largest absolute Gasteiger partial charge is 0.462 e. The van der Waals surface area contributed by atoms with Crippen LogP contribution in [0, 0.1) is 11.8 Å². The van der Waals surface area contributed by atoms with Crippen molar-refractivity contribution in [2.45, 2.75) is 44.5 Å². The van der Waals surface area contributed by atoms with Crippen molar-refractivity contribution < 1.29 is 19.7 Å². The van der Waals surface area contributed by atoms with Gasteiger partial charge in [0, 0.05) is 6.42 Å². The molecule has 2 N–H and O–H groups in total. The SMILES string of the molecule is C[C@@H]1C[C@@H]2C[C@@H](O)C[C@H](O)[C@@H]2C(=O)O1. The van der Waals surface area contributed by atoms with Crippen molar-refractivity contribution >= 4 is 5.97 Å². The summed E-state index contributed by atoms with van der Waals surface area (Å²) in [5.74, 6) is -0.618. The molecule has 0 unspecified atom stereocenters. The number of hydrogen-bond donors (Lipinski definition) is 2. The molecule has 4 nitrogen and oxygen atoms in total. The maximum atomic E-state index is 11.5. The highest BCUT2D eigenvalue weighted by atomic mass is 16.5. The van der Waals surface area contributed by atoms with Crippen LogP contribution in [0.2, 0.25) is 0 Å². The Balaban J connectivity index is 2.14. The van der Waals surface area contributed by atoms with E-state index in [1.54, 1.807) is 0 Å². The number of carbonyl (C=O) groups excluding carboxylic acids is 1. The van der Waals surface area contributed by atoms with Crippen molar-refractivity contribution in [1.29, 1.82) is 0 Å². The van der Waals surface area contributed by atoms with Crippen molar-refractivity contribution in [1.82, 2.24) is 0 Å². The molecule has 0 bridgehead atoms. The Labute approximate surface area is 82.9 Å². The molecule has 5 atom stereocenters. The fourth-order valence-corrected chi connectivity index (χ4v) is 2.68. The Hall–Kier alpha value is -0.610. The number of cyclic esters (lactones) is 1. The first kappa shape index (κ1) is 9.93. The average Bonchev–Trinajstić information content (AvgIpc) is 1.99. The second-order valence-electron chi connectivity index (χ2n) is 4.46. The maximum absolute atomic E-state index is 11.5. The van der Waals surface area contributed by atoms with E-state index in [2.05, 4.69) is 0 Å². The second-order valence-corrected chi connectivity index (χ2v) is 4.46. The lowest BCUT2D eigenvalue weighted by atomic mass is 9.72. The van der Waals surface area contributed by atoms with Crippen molar-refractivity contribution in [3.63, 3.8) is 0 Å². The Morgan fingerprint density at radius 3 is 2.71 bits per heavy atom. The summed E-state index contributed by atoms with van der Waals surface area (Å²) in [4.78, 5) is 11.5. The van der Waals surface area contributed by atoms with Gasteiger partial charge in [0.2, 0.25) is 0 Å². The van der Waals surface area contributed by atoms with Gasteiger partial charge in [0.15, 0.2) is 0 Å². The van der Waals surface area contributed by atoms with Crippen LogP contribution in [0.4, 0.5) is 0 Å². The third kappa shape index (κ3) is 1.64. The zero-order valence-corrected chi connectivity index (χ0v) is 8.22. The molecule has 2 rings (SSSR count). The van der Waals surface area contributed by atoms with Crippen molar-refractivity contribution in [3.05, 3.63) is 0 Å². The number of hydrogen-bond acceptors (Lipinski definition) is 4. The normalized spacial score (nSPS) is 48.2. The summed E-state index contributed by atoms with van der Waals surface area (Å²) >= 11 is 0. The quantitative estimate of drug-likeness (QED) is 0.543. The smallest absolute Gasteiger partial charge is 0.312 e. The topological polar surface area (TPSA) is 66.8 Å². The first-order valence-electron chi connectivity index (χ1n) is 5.14. The molecule has 2 aliphatic rings. The van der Waals surface area contributed by atoms with E-state index >= 15 is 0 Å². The van der Waals surface area contributed by atoms with Crippen LogP contribution in [-0.4, -0.2) is 34.5 Å². The third-order valence-electron chi connectivity index (χ3n) is 3.23. The van der Waals surface area contributed by atoms with E-state index in [0.717, 1.165) is 6.42 Å². The van der Waals surface area contributed by atoms with Gasteiger partial charge in [0.05, 0.1) is 24.2 Å². The molecule has 1 saturated heterocycles. The standard InChI is InChI=1S/C10H16O4/c1-5-2-6-3-7(11)4-8(12)9(6)10(13)14-5/h5-9,11-12H,2-4H2,1H3/t5-,6-,7-,8+,9-/m1/s1. The summed E-state index contributed by atoms with van der Waals surface area (Å²) in [5.41, 5.74) is 0. The van der Waals surface area contributed by atoms with Crippen LogP contribution < -0.4 is 0 Å². The highest BCUT2D eigenvalue weighted by molar-refractivity contribution is 5.74. The average molecular weight is 200 g/mol. The van der Waals surface area contributed by atoms with Crippen LogP contribution >= 0.6 is 0 Å². The minimum atomic E-state index is -0.733. The Morgan fingerprint density at radius 2 is 2.00 bits per heavy atom. The van der Waals surface area contributed by atoms with Gasteiger partial charge in [0.25, 0.3) is 0 Å². The Morgan fingerprint density at radius 1 is 1.29 bits per heavy atom. The summed E-state index contributed by atoms with van der Waals surface area (Å²) < 4.78 is 5.08. The van der Waals surface area contributed by atoms with E-state index in [4.69, 9.17) is 4.74 Å². The number of ether oxygens (including phenoxy) is 1. The van der Waals surface area contributed by atoms with Crippen LogP contribution in [0.5, 0.6) is 0 Å². The molecule has 80 valence electrons. The van der Waals surface area contributed by atoms with E-state index in [1.165, 1.54) is 0 Å². The molecule has 0 aromatic carbocycles. The van der Waals surface area contributed by atoms with Gasteiger partial charge in [-0.25, -0.2) is 0 Å². The van der Waals surface area contributed by atoms with E-state index < -0.39 is 18.1 Å². The number of aliphatic hydroxyl groups excluding tert-OH is 2. The van der Waals surface area contributed by atoms with Gasteiger partial charge in [-0.1, -0.05) is 0 Å². The molecule has 0 radical (unpaired) electrons. The molecular formula is C10H16O4. The van der Waals surface area contributed by atoms with Gasteiger partial charge in [-0.3, -0.25) is 4.79 Å². The van der Waals surface area contributed by atoms with E-state index in [9.17, 15) is 15.0 Å². The van der Waals surface area contributed by atoms with Crippen LogP contribution in [-0.2, 0) is 9.53 Å². The van der Waals surface area contributed by atoms with Crippen molar-refractivity contribution in [3.8, 4) is 0 Å². The number of carbonyl (C=O) groups is 1. The molecule has 0 aromatic rings. The van der Waals surface area contributed by atoms with Gasteiger partial charge >= 0.3 is 5.97 Å². The van der Waals surface area contributed by atoms with Gasteiger partial charge in [-0.15, -0.1) is 0 Å². The van der Waals surface area contributed by atoms with Gasteiger partial charge < -0.3 is 14.9 Å². The molecule has 4 heteroatoms. The minimum absolute atomic E-state index is 0.0822. The van der Waals surface area contributed by atoms with Crippen LogP contribution in [0.15, 0.2) is 0 Å². The molecule has 1 aliphatic carbocycles. The first-order chi connectivity index (χ1) is 6.58. The second kappa shape index (κ2) is 3.51. The molecule has 2 fully saturated rings. The Bertz CT molecular complexity index is 238. The monoisotopic (exact) mass is 200 g/mol. The number of esters is 1. The van der Waals surface area contributed by atoms with Gasteiger partial charge in [-0.05, 0) is 25.7 Å². The number of aliphatic hydroxyl groups is 2. The third-order valence-corrected chi connectivity index (χ3v) is 3.23. The highest BCUT2D eigenvalue weighted by Gasteiger charge is 2.45. The molecule has 1 aliphatic heterocycles. The van der Waals surface area contributed by atoms with Gasteiger partial charge in [-0.2, -0.15) is 0 Å². The number of rotatable bonds is 0. The lowest BCUT2D eigenvalue weighted by Crippen LogP contribution is -2.48. The Kier molecular flexibility index (Phi) is 2.49. The summed E-state index contributed by atoms with van der Waals surface area (Å²) in [6.45, 7) is 1.85. The van der Waals surface area contributed by atoms with Crippen LogP contribution in [0.25, 0.3) is 0 Å². The molecule has 0 spiro atoms. The fraction of sp³-hybridized carbons (Fsp3) is 0.900. The zero-order valence-electron chi connectivity index (χ0n) is 8.22. The van der Waals surface area contributed by atoms with Crippen molar-refractivity contribution in [2.75, 3.05) is 0 Å². The zero-order chi connectivity index (χ0) is 10.3. The first-order valence-corrected chi connectivity index (χ1v) is 5.14. The highest BCUT2D eigenvalue weighted by Crippen LogP contribution is 2.38. The van der Waals surface area contributed by atoms with E-state index in [0.29, 0.717) is 12.8 Å². The molecule has 0 amide bonds. The molecular weight excluding hydrogens is 184 g/mol. The fourth-order valence-electron chi connectivity index (χ4n) is 2.68. The van der Waals surface area contributed by atoms with E-state index in [-0.39, 0.29) is 18.0 Å². The van der Waals surface area contributed by atoms with Crippen LogP contribution in [0.3, 0.4) is 0 Å². The minimum Gasteiger partial charge on any atom is -0.462 e. The summed E-state index contributed by atoms with van der Waals surface area (Å²) in [7, 11) is 0. The van der Waals surface area contributed by atoms with Gasteiger partial charge in [0.1, 0.15) is 0 Å².